The van der Waals surface area contributed by atoms with E-state index in [1.54, 1.807) is 6.08 Å². The van der Waals surface area contributed by atoms with Crippen LogP contribution in [0.2, 0.25) is 0 Å². The highest BCUT2D eigenvalue weighted by Crippen LogP contribution is 2.23. The van der Waals surface area contributed by atoms with Gasteiger partial charge in [0.25, 0.3) is 0 Å². The summed E-state index contributed by atoms with van der Waals surface area (Å²) in [5, 5.41) is 18.7. The minimum Gasteiger partial charge on any atom is -0.508 e. The normalized spacial score (nSPS) is 10.6. The highest BCUT2D eigenvalue weighted by atomic mass is 16.5. The molecule has 4 heteroatoms. The third-order valence-corrected chi connectivity index (χ3v) is 2.62. The van der Waals surface area contributed by atoms with Gasteiger partial charge in [0.05, 0.1) is 0 Å². The van der Waals surface area contributed by atoms with Crippen molar-refractivity contribution in [2.24, 2.45) is 0 Å². The van der Waals surface area contributed by atoms with Crippen molar-refractivity contribution in [3.63, 3.8) is 0 Å². The number of ether oxygens (including phenoxy) is 1. The molecule has 0 heterocycles. The Kier molecular flexibility index (Phi) is 4.39. The van der Waals surface area contributed by atoms with E-state index < -0.39 is 5.97 Å². The number of hydrogen-bond donors (Lipinski definition) is 2. The molecule has 0 radical (unpaired) electrons. The van der Waals surface area contributed by atoms with Crippen LogP contribution in [-0.4, -0.2) is 22.8 Å². The third-order valence-electron chi connectivity index (χ3n) is 2.62. The summed E-state index contributed by atoms with van der Waals surface area (Å²) in [4.78, 5) is 11.7. The van der Waals surface area contributed by atoms with Crippen molar-refractivity contribution >= 4 is 12.0 Å². The van der Waals surface area contributed by atoms with Crippen LogP contribution in [-0.2, 0) is 4.74 Å². The molecule has 2 aromatic rings. The van der Waals surface area contributed by atoms with Crippen molar-refractivity contribution in [1.29, 1.82) is 0 Å². The zero-order chi connectivity index (χ0) is 14.4. The molecule has 0 saturated heterocycles. The van der Waals surface area contributed by atoms with Crippen LogP contribution in [0.3, 0.4) is 0 Å². The van der Waals surface area contributed by atoms with E-state index in [1.807, 2.05) is 36.4 Å². The molecule has 2 rings (SSSR count). The van der Waals surface area contributed by atoms with Crippen molar-refractivity contribution < 1.29 is 19.7 Å². The Labute approximate surface area is 116 Å². The van der Waals surface area contributed by atoms with Gasteiger partial charge >= 0.3 is 5.97 Å². The molecule has 20 heavy (non-hydrogen) atoms. The van der Waals surface area contributed by atoms with Crippen molar-refractivity contribution in [3.05, 3.63) is 65.7 Å². The summed E-state index contributed by atoms with van der Waals surface area (Å²) < 4.78 is 5.00. The lowest BCUT2D eigenvalue weighted by atomic mass is 10.2. The first-order chi connectivity index (χ1) is 9.66. The van der Waals surface area contributed by atoms with Gasteiger partial charge in [-0.15, -0.1) is 0 Å². The van der Waals surface area contributed by atoms with E-state index in [1.165, 1.54) is 12.1 Å². The summed E-state index contributed by atoms with van der Waals surface area (Å²) in [6.45, 7) is 0.105. The molecule has 2 aromatic carbocycles. The van der Waals surface area contributed by atoms with Crippen molar-refractivity contribution in [2.45, 2.75) is 0 Å². The predicted molar refractivity (Wildman–Crippen MR) is 75.5 cm³/mol. The highest BCUT2D eigenvalue weighted by Gasteiger charge is 2.12. The van der Waals surface area contributed by atoms with Crippen LogP contribution in [0, 0.1) is 0 Å². The Balaban J connectivity index is 1.91. The molecule has 0 aliphatic carbocycles. The molecule has 0 aliphatic rings. The Morgan fingerprint density at radius 1 is 1.10 bits per heavy atom. The van der Waals surface area contributed by atoms with Crippen LogP contribution in [0.1, 0.15) is 15.9 Å². The summed E-state index contributed by atoms with van der Waals surface area (Å²) in [6, 6.07) is 13.3. The van der Waals surface area contributed by atoms with E-state index in [-0.39, 0.29) is 23.7 Å². The summed E-state index contributed by atoms with van der Waals surface area (Å²) in [5.41, 5.74) is 1.03. The number of aromatic hydroxyl groups is 2. The second kappa shape index (κ2) is 6.43. The molecule has 4 nitrogen and oxygen atoms in total. The van der Waals surface area contributed by atoms with Crippen molar-refractivity contribution in [3.8, 4) is 11.5 Å². The van der Waals surface area contributed by atoms with Gasteiger partial charge in [-0.2, -0.15) is 0 Å². The molecule has 0 aliphatic heterocycles. The number of phenolic OH excluding ortho intramolecular Hbond substituents is 2. The zero-order valence-electron chi connectivity index (χ0n) is 10.7. The number of hydrogen-bond acceptors (Lipinski definition) is 4. The molecule has 0 aromatic heterocycles. The first-order valence-electron chi connectivity index (χ1n) is 6.07. The third kappa shape index (κ3) is 3.62. The van der Waals surface area contributed by atoms with Gasteiger partial charge in [-0.25, -0.2) is 4.79 Å². The van der Waals surface area contributed by atoms with Crippen LogP contribution in [0.25, 0.3) is 6.08 Å². The Morgan fingerprint density at radius 2 is 1.85 bits per heavy atom. The van der Waals surface area contributed by atoms with Crippen molar-refractivity contribution in [2.75, 3.05) is 6.61 Å². The average molecular weight is 270 g/mol. The van der Waals surface area contributed by atoms with Crippen LogP contribution in [0.5, 0.6) is 11.5 Å². The maximum Gasteiger partial charge on any atom is 0.342 e. The van der Waals surface area contributed by atoms with Crippen LogP contribution in [0.15, 0.2) is 54.6 Å². The van der Waals surface area contributed by atoms with E-state index in [2.05, 4.69) is 0 Å². The van der Waals surface area contributed by atoms with Crippen LogP contribution in [0.4, 0.5) is 0 Å². The SMILES string of the molecule is O=C(OCC=Cc1ccccc1)c1ccc(O)cc1O. The molecule has 0 spiro atoms. The van der Waals surface area contributed by atoms with Gasteiger partial charge < -0.3 is 14.9 Å². The Bertz CT molecular complexity index is 618. The second-order valence-electron chi connectivity index (χ2n) is 4.11. The standard InChI is InChI=1S/C16H14O4/c17-13-8-9-14(15(18)11-13)16(19)20-10-4-7-12-5-2-1-3-6-12/h1-9,11,17-18H,10H2. The van der Waals surface area contributed by atoms with E-state index >= 15 is 0 Å². The average Bonchev–Trinajstić information content (AvgIpc) is 2.44. The summed E-state index contributed by atoms with van der Waals surface area (Å²) in [5.74, 6) is -1.05. The number of rotatable bonds is 4. The molecule has 0 fully saturated rings. The molecule has 2 N–H and O–H groups in total. The minimum absolute atomic E-state index is 0.0240. The number of carbonyl (C=O) groups excluding carboxylic acids is 1. The maximum absolute atomic E-state index is 11.7. The van der Waals surface area contributed by atoms with Gasteiger partial charge in [0.2, 0.25) is 0 Å². The molecule has 102 valence electrons. The number of benzene rings is 2. The van der Waals surface area contributed by atoms with Crippen molar-refractivity contribution in [1.82, 2.24) is 0 Å². The smallest absolute Gasteiger partial charge is 0.342 e. The lowest BCUT2D eigenvalue weighted by molar-refractivity contribution is 0.0547. The van der Waals surface area contributed by atoms with E-state index in [0.717, 1.165) is 11.6 Å². The summed E-state index contributed by atoms with van der Waals surface area (Å²) >= 11 is 0. The first-order valence-corrected chi connectivity index (χ1v) is 6.07. The molecular weight excluding hydrogens is 256 g/mol. The fourth-order valence-corrected chi connectivity index (χ4v) is 1.64. The molecule has 0 atom stereocenters. The van der Waals surface area contributed by atoms with E-state index in [9.17, 15) is 9.90 Å². The second-order valence-corrected chi connectivity index (χ2v) is 4.11. The fraction of sp³-hybridized carbons (Fsp3) is 0.0625. The van der Waals surface area contributed by atoms with Gasteiger partial charge in [-0.1, -0.05) is 36.4 Å². The molecule has 0 unspecified atom stereocenters. The quantitative estimate of drug-likeness (QED) is 0.838. The Hall–Kier alpha value is -2.75. The zero-order valence-corrected chi connectivity index (χ0v) is 10.7. The predicted octanol–water partition coefficient (Wildman–Crippen LogP) is 2.97. The van der Waals surface area contributed by atoms with E-state index in [4.69, 9.17) is 9.84 Å². The van der Waals surface area contributed by atoms with Gasteiger partial charge in [0, 0.05) is 6.07 Å². The van der Waals surface area contributed by atoms with Gasteiger partial charge in [-0.3, -0.25) is 0 Å². The molecule has 0 amide bonds. The number of phenols is 2. The number of carbonyl (C=O) groups is 1. The lowest BCUT2D eigenvalue weighted by Gasteiger charge is -2.04. The molecular formula is C16H14O4. The Morgan fingerprint density at radius 3 is 2.55 bits per heavy atom. The fourth-order valence-electron chi connectivity index (χ4n) is 1.64. The van der Waals surface area contributed by atoms with Crippen LogP contribution < -0.4 is 0 Å². The van der Waals surface area contributed by atoms with Gasteiger partial charge in [0.15, 0.2) is 0 Å². The topological polar surface area (TPSA) is 66.8 Å². The molecule has 0 saturated carbocycles. The summed E-state index contributed by atoms with van der Waals surface area (Å²) in [7, 11) is 0. The van der Waals surface area contributed by atoms with Gasteiger partial charge in [0.1, 0.15) is 23.7 Å². The number of esters is 1. The van der Waals surface area contributed by atoms with Gasteiger partial charge in [-0.05, 0) is 23.8 Å². The maximum atomic E-state index is 11.7. The van der Waals surface area contributed by atoms with E-state index in [0.29, 0.717) is 0 Å². The largest absolute Gasteiger partial charge is 0.508 e. The lowest BCUT2D eigenvalue weighted by Crippen LogP contribution is -2.05. The highest BCUT2D eigenvalue weighted by molar-refractivity contribution is 5.92. The van der Waals surface area contributed by atoms with Crippen LogP contribution >= 0.6 is 0 Å². The first kappa shape index (κ1) is 13.7. The molecule has 0 bridgehead atoms. The summed E-state index contributed by atoms with van der Waals surface area (Å²) in [6.07, 6.45) is 3.55. The monoisotopic (exact) mass is 270 g/mol. The minimum atomic E-state index is -0.639.